The fraction of sp³-hybridized carbons (Fsp3) is 0.214. The van der Waals surface area contributed by atoms with Crippen molar-refractivity contribution in [1.29, 1.82) is 0 Å². The summed E-state index contributed by atoms with van der Waals surface area (Å²) < 4.78 is 5.16. The van der Waals surface area contributed by atoms with Crippen molar-refractivity contribution in [2.24, 2.45) is 0 Å². The summed E-state index contributed by atoms with van der Waals surface area (Å²) in [5.74, 6) is 0. The smallest absolute Gasteiger partial charge is 0.0641 e. The molecule has 0 saturated heterocycles. The molecular weight excluding hydrogens is 1060 g/mol. The monoisotopic (exact) mass is 1140 g/mol. The Bertz CT molecular complexity index is 4920. The minimum Gasteiger partial charge on any atom is -0.309 e. The van der Waals surface area contributed by atoms with Gasteiger partial charge in [-0.15, -0.1) is 0 Å². The van der Waals surface area contributed by atoms with E-state index in [-0.39, 0.29) is 21.7 Å². The van der Waals surface area contributed by atoms with Gasteiger partial charge in [0.25, 0.3) is 0 Å². The predicted octanol–water partition coefficient (Wildman–Crippen LogP) is 24.1. The molecule has 434 valence electrons. The van der Waals surface area contributed by atoms with Crippen molar-refractivity contribution in [2.45, 2.75) is 119 Å². The van der Waals surface area contributed by atoms with Crippen LogP contribution in [0.5, 0.6) is 0 Å². The van der Waals surface area contributed by atoms with Crippen molar-refractivity contribution in [3.63, 3.8) is 0 Å². The van der Waals surface area contributed by atoms with Gasteiger partial charge in [0.2, 0.25) is 0 Å². The highest BCUT2D eigenvalue weighted by atomic mass is 15.2. The number of benzene rings is 11. The van der Waals surface area contributed by atoms with Gasteiger partial charge in [0.15, 0.2) is 0 Å². The fourth-order valence-corrected chi connectivity index (χ4v) is 14.4. The molecule has 0 unspecified atom stereocenters. The van der Waals surface area contributed by atoms with Crippen LogP contribution in [0, 0.1) is 13.8 Å². The summed E-state index contributed by atoms with van der Waals surface area (Å²) in [5, 5.41) is 9.95. The molecule has 88 heavy (non-hydrogen) atoms. The van der Waals surface area contributed by atoms with Gasteiger partial charge < -0.3 is 18.6 Å². The van der Waals surface area contributed by atoms with Crippen LogP contribution in [0.4, 0.5) is 34.1 Å². The van der Waals surface area contributed by atoms with Crippen LogP contribution in [0.1, 0.15) is 116 Å². The van der Waals surface area contributed by atoms with Gasteiger partial charge in [-0.2, -0.15) is 0 Å². The lowest BCUT2D eigenvalue weighted by Gasteiger charge is -2.31. The topological polar surface area (TPSA) is 15.3 Å². The van der Waals surface area contributed by atoms with Gasteiger partial charge in [0.05, 0.1) is 55.8 Å². The zero-order valence-corrected chi connectivity index (χ0v) is 53.6. The number of anilines is 6. The molecule has 0 aliphatic carbocycles. The van der Waals surface area contributed by atoms with Gasteiger partial charge in [-0.3, -0.25) is 0 Å². The number of para-hydroxylation sites is 4. The number of hydrogen-bond acceptors (Lipinski definition) is 2. The first-order chi connectivity index (χ1) is 42.0. The van der Waals surface area contributed by atoms with E-state index in [1.807, 2.05) is 0 Å². The molecule has 4 aromatic heterocycles. The normalized spacial score (nSPS) is 12.9. The maximum absolute atomic E-state index is 2.58. The fourth-order valence-electron chi connectivity index (χ4n) is 14.4. The third-order valence-electron chi connectivity index (χ3n) is 19.3. The minimum atomic E-state index is -0.0504. The van der Waals surface area contributed by atoms with Crippen molar-refractivity contribution in [2.75, 3.05) is 9.80 Å². The Morgan fingerprint density at radius 3 is 0.955 bits per heavy atom. The van der Waals surface area contributed by atoms with E-state index in [1.54, 1.807) is 0 Å². The van der Waals surface area contributed by atoms with Crippen molar-refractivity contribution in [1.82, 2.24) is 8.80 Å². The quantitative estimate of drug-likeness (QED) is 0.151. The summed E-state index contributed by atoms with van der Waals surface area (Å²) in [6, 6.07) is 83.8. The highest BCUT2D eigenvalue weighted by Crippen LogP contribution is 2.54. The third kappa shape index (κ3) is 8.53. The SMILES string of the molecule is Cc1ccccc1N(c1ccc(C(C)(C)C)cc1-c1ccc(C(C)(C)C)cc1)c1ccc2c3cc4c(cc3n3c5ccccc5c1c23)c1ccc(N(c2ccccc2C)c2ccc(C(C)(C)C)cc2-c2ccc(C(C)(C)C)cc2)c2c3ccccc3n4c12. The molecule has 15 aromatic rings. The Hall–Kier alpha value is -9.38. The Balaban J connectivity index is 0.989. The highest BCUT2D eigenvalue weighted by Gasteiger charge is 2.31. The molecule has 4 heteroatoms. The lowest BCUT2D eigenvalue weighted by Crippen LogP contribution is -2.15. The van der Waals surface area contributed by atoms with Crippen LogP contribution in [-0.4, -0.2) is 8.80 Å². The van der Waals surface area contributed by atoms with E-state index in [4.69, 9.17) is 0 Å². The molecule has 0 aliphatic heterocycles. The molecule has 4 nitrogen and oxygen atoms in total. The Morgan fingerprint density at radius 1 is 0.261 bits per heavy atom. The zero-order chi connectivity index (χ0) is 61.1. The summed E-state index contributed by atoms with van der Waals surface area (Å²) in [4.78, 5) is 5.13. The minimum absolute atomic E-state index is 0.0387. The van der Waals surface area contributed by atoms with Crippen molar-refractivity contribution in [3.05, 3.63) is 252 Å². The lowest BCUT2D eigenvalue weighted by atomic mass is 9.83. The van der Waals surface area contributed by atoms with E-state index < -0.39 is 0 Å². The van der Waals surface area contributed by atoms with E-state index in [0.29, 0.717) is 0 Å². The number of nitrogens with zero attached hydrogens (tertiary/aromatic N) is 4. The standard InChI is InChI=1S/C84H78N4/c1-51-23-15-19-27-67(51)85(71-43-39-57(83(9,10)11)47-63(71)53-31-35-55(36-32-53)81(3,4)5)73-45-41-59-65-49-76-66(50-75(65)87-69-29-21-17-25-61(69)77(73)79(59)87)60-42-46-74(78-62-26-18-22-30-70(62)88(76)80(60)78)86(68-28-20-16-24-52(68)2)72-44-40-58(84(12,13)14)48-64(72)54-33-37-56(38-34-54)82(6,7)8/h15-50H,1-14H3. The Morgan fingerprint density at radius 2 is 0.591 bits per heavy atom. The van der Waals surface area contributed by atoms with Gasteiger partial charge in [-0.1, -0.05) is 229 Å². The number of aromatic nitrogens is 2. The molecule has 0 aliphatic rings. The van der Waals surface area contributed by atoms with Crippen LogP contribution in [0.15, 0.2) is 218 Å². The summed E-state index contributed by atoms with van der Waals surface area (Å²) in [5.41, 5.74) is 26.8. The van der Waals surface area contributed by atoms with Gasteiger partial charge in [-0.25, -0.2) is 0 Å². The molecule has 4 heterocycles. The lowest BCUT2D eigenvalue weighted by molar-refractivity contribution is 0.589. The molecule has 0 fully saturated rings. The van der Waals surface area contributed by atoms with Crippen molar-refractivity contribution in [3.8, 4) is 22.3 Å². The van der Waals surface area contributed by atoms with Crippen molar-refractivity contribution >= 4 is 110 Å². The molecule has 0 N–H and O–H groups in total. The van der Waals surface area contributed by atoms with E-state index >= 15 is 0 Å². The molecule has 11 aromatic carbocycles. The Labute approximate surface area is 518 Å². The Kier molecular flexibility index (Phi) is 12.3. The van der Waals surface area contributed by atoms with Crippen LogP contribution in [0.3, 0.4) is 0 Å². The molecule has 0 radical (unpaired) electrons. The highest BCUT2D eigenvalue weighted by molar-refractivity contribution is 6.32. The van der Waals surface area contributed by atoms with E-state index in [2.05, 4.69) is 334 Å². The maximum atomic E-state index is 2.58. The summed E-state index contributed by atoms with van der Waals surface area (Å²) in [6.07, 6.45) is 0. The second-order valence-electron chi connectivity index (χ2n) is 29.2. The van der Waals surface area contributed by atoms with Gasteiger partial charge in [0, 0.05) is 65.6 Å². The van der Waals surface area contributed by atoms with Gasteiger partial charge >= 0.3 is 0 Å². The van der Waals surface area contributed by atoms with Gasteiger partial charge in [-0.05, 0) is 153 Å². The van der Waals surface area contributed by atoms with E-state index in [9.17, 15) is 0 Å². The second kappa shape index (κ2) is 19.6. The molecular formula is C84H78N4. The van der Waals surface area contributed by atoms with Crippen LogP contribution < -0.4 is 9.80 Å². The number of aryl methyl sites for hydroxylation is 2. The summed E-state index contributed by atoms with van der Waals surface area (Å²) >= 11 is 0. The summed E-state index contributed by atoms with van der Waals surface area (Å²) in [6.45, 7) is 32.2. The van der Waals surface area contributed by atoms with Crippen LogP contribution in [0.25, 0.3) is 98.4 Å². The second-order valence-corrected chi connectivity index (χ2v) is 29.2. The molecule has 0 bridgehead atoms. The molecule has 15 rings (SSSR count). The zero-order valence-electron chi connectivity index (χ0n) is 53.6. The average molecular weight is 1140 g/mol. The van der Waals surface area contributed by atoms with Gasteiger partial charge in [0.1, 0.15) is 0 Å². The average Bonchev–Trinajstić information content (AvgIpc) is 1.52. The molecule has 0 saturated carbocycles. The van der Waals surface area contributed by atoms with Crippen LogP contribution >= 0.6 is 0 Å². The molecule has 0 atom stereocenters. The first-order valence-corrected chi connectivity index (χ1v) is 31.6. The first-order valence-electron chi connectivity index (χ1n) is 31.6. The van der Waals surface area contributed by atoms with Crippen molar-refractivity contribution < 1.29 is 0 Å². The largest absolute Gasteiger partial charge is 0.309 e. The van der Waals surface area contributed by atoms with E-state index in [1.165, 1.54) is 132 Å². The maximum Gasteiger partial charge on any atom is 0.0641 e. The number of fused-ring (bicyclic) bond motifs is 12. The number of rotatable bonds is 8. The molecule has 0 spiro atoms. The first kappa shape index (κ1) is 55.2. The third-order valence-corrected chi connectivity index (χ3v) is 19.3. The van der Waals surface area contributed by atoms with Crippen LogP contribution in [0.2, 0.25) is 0 Å². The predicted molar refractivity (Wildman–Crippen MR) is 380 cm³/mol. The molecule has 0 amide bonds. The number of hydrogen-bond donors (Lipinski definition) is 0. The van der Waals surface area contributed by atoms with Crippen LogP contribution in [-0.2, 0) is 21.7 Å². The summed E-state index contributed by atoms with van der Waals surface area (Å²) in [7, 11) is 0. The van der Waals surface area contributed by atoms with E-state index in [0.717, 1.165) is 34.1 Å².